The predicted molar refractivity (Wildman–Crippen MR) is 54.9 cm³/mol. The second-order valence-electron chi connectivity index (χ2n) is 2.93. The van der Waals surface area contributed by atoms with Gasteiger partial charge in [-0.2, -0.15) is 13.2 Å². The molecule has 1 N–H and O–H groups in total. The molecule has 0 aliphatic heterocycles. The third-order valence-corrected chi connectivity index (χ3v) is 1.96. The molecule has 0 radical (unpaired) electrons. The van der Waals surface area contributed by atoms with Crippen LogP contribution in [0, 0.1) is 5.82 Å². The SMILES string of the molecule is Fc1ccc(NC/C=C/Cl)cc1C(F)(F)F. The summed E-state index contributed by atoms with van der Waals surface area (Å²) in [6.07, 6.45) is -3.18. The summed E-state index contributed by atoms with van der Waals surface area (Å²) in [5, 5.41) is 2.65. The molecule has 0 saturated carbocycles. The molecule has 0 unspecified atom stereocenters. The van der Waals surface area contributed by atoms with Gasteiger partial charge in [-0.3, -0.25) is 0 Å². The van der Waals surface area contributed by atoms with Crippen LogP contribution in [-0.4, -0.2) is 6.54 Å². The summed E-state index contributed by atoms with van der Waals surface area (Å²) >= 11 is 5.24. The highest BCUT2D eigenvalue weighted by Crippen LogP contribution is 2.32. The summed E-state index contributed by atoms with van der Waals surface area (Å²) in [5.74, 6) is -1.29. The summed E-state index contributed by atoms with van der Waals surface area (Å²) in [6.45, 7) is 0.270. The van der Waals surface area contributed by atoms with Crippen LogP contribution < -0.4 is 5.32 Å². The first-order valence-corrected chi connectivity index (χ1v) is 4.74. The summed E-state index contributed by atoms with van der Waals surface area (Å²) in [4.78, 5) is 0. The second kappa shape index (κ2) is 5.21. The Bertz CT molecular complexity index is 387. The van der Waals surface area contributed by atoms with Gasteiger partial charge in [-0.1, -0.05) is 17.7 Å². The molecule has 0 atom stereocenters. The molecule has 0 fully saturated rings. The summed E-state index contributed by atoms with van der Waals surface area (Å²) in [5.41, 5.74) is 0.136. The van der Waals surface area contributed by atoms with Crippen molar-refractivity contribution >= 4 is 17.3 Å². The Kier molecular flexibility index (Phi) is 4.18. The molecule has 1 nitrogen and oxygen atoms in total. The monoisotopic (exact) mass is 253 g/mol. The molecule has 0 aliphatic rings. The number of benzene rings is 1. The highest BCUT2D eigenvalue weighted by Gasteiger charge is 2.34. The lowest BCUT2D eigenvalue weighted by Crippen LogP contribution is -2.09. The Hall–Kier alpha value is -1.23. The molecule has 0 aromatic heterocycles. The third-order valence-electron chi connectivity index (χ3n) is 1.78. The van der Waals surface area contributed by atoms with Crippen LogP contribution in [0.5, 0.6) is 0 Å². The summed E-state index contributed by atoms with van der Waals surface area (Å²) in [6, 6.07) is 2.72. The average Bonchev–Trinajstić information content (AvgIpc) is 2.19. The fourth-order valence-corrected chi connectivity index (χ4v) is 1.16. The molecular formula is C10H8ClF4N. The molecule has 0 spiro atoms. The standard InChI is InChI=1S/C10H8ClF4N/c11-4-1-5-16-7-2-3-9(12)8(6-7)10(13,14)15/h1-4,6,16H,5H2/b4-1+. The molecule has 88 valence electrons. The number of halogens is 5. The maximum atomic E-state index is 12.9. The lowest BCUT2D eigenvalue weighted by Gasteiger charge is -2.10. The maximum Gasteiger partial charge on any atom is 0.419 e. The van der Waals surface area contributed by atoms with Crippen LogP contribution in [0.3, 0.4) is 0 Å². The lowest BCUT2D eigenvalue weighted by molar-refractivity contribution is -0.139. The van der Waals surface area contributed by atoms with Crippen molar-refractivity contribution in [2.45, 2.75) is 6.18 Å². The van der Waals surface area contributed by atoms with E-state index in [2.05, 4.69) is 5.32 Å². The molecule has 1 aromatic rings. The van der Waals surface area contributed by atoms with Crippen LogP contribution in [0.25, 0.3) is 0 Å². The number of nitrogens with one attached hydrogen (secondary N) is 1. The number of rotatable bonds is 3. The minimum atomic E-state index is -4.69. The van der Waals surface area contributed by atoms with Crippen molar-refractivity contribution in [2.75, 3.05) is 11.9 Å². The van der Waals surface area contributed by atoms with Crippen molar-refractivity contribution in [3.63, 3.8) is 0 Å². The summed E-state index contributed by atoms with van der Waals surface area (Å²) < 4.78 is 49.8. The van der Waals surface area contributed by atoms with E-state index >= 15 is 0 Å². The zero-order chi connectivity index (χ0) is 12.2. The van der Waals surface area contributed by atoms with E-state index in [1.807, 2.05) is 0 Å². The van der Waals surface area contributed by atoms with Gasteiger partial charge in [-0.05, 0) is 18.2 Å². The first-order chi connectivity index (χ1) is 7.45. The van der Waals surface area contributed by atoms with E-state index in [9.17, 15) is 17.6 Å². The lowest BCUT2D eigenvalue weighted by atomic mass is 10.2. The highest BCUT2D eigenvalue weighted by molar-refractivity contribution is 6.25. The van der Waals surface area contributed by atoms with Crippen LogP contribution in [0.2, 0.25) is 0 Å². The first kappa shape index (κ1) is 12.8. The molecule has 6 heteroatoms. The van der Waals surface area contributed by atoms with Crippen molar-refractivity contribution in [3.05, 3.63) is 41.2 Å². The minimum Gasteiger partial charge on any atom is -0.382 e. The molecule has 0 amide bonds. The number of alkyl halides is 3. The van der Waals surface area contributed by atoms with Gasteiger partial charge in [0.25, 0.3) is 0 Å². The van der Waals surface area contributed by atoms with E-state index in [4.69, 9.17) is 11.6 Å². The second-order valence-corrected chi connectivity index (χ2v) is 3.19. The van der Waals surface area contributed by atoms with E-state index in [1.54, 1.807) is 0 Å². The molecule has 0 saturated heterocycles. The maximum absolute atomic E-state index is 12.9. The smallest absolute Gasteiger partial charge is 0.382 e. The number of anilines is 1. The molecule has 1 rings (SSSR count). The molecule has 0 bridgehead atoms. The third kappa shape index (κ3) is 3.41. The van der Waals surface area contributed by atoms with Gasteiger partial charge in [0.05, 0.1) is 5.56 Å². The Morgan fingerprint density at radius 1 is 1.31 bits per heavy atom. The summed E-state index contributed by atoms with van der Waals surface area (Å²) in [7, 11) is 0. The van der Waals surface area contributed by atoms with Crippen molar-refractivity contribution < 1.29 is 17.6 Å². The normalized spacial score (nSPS) is 12.1. The fourth-order valence-electron chi connectivity index (χ4n) is 1.07. The Morgan fingerprint density at radius 3 is 2.56 bits per heavy atom. The van der Waals surface area contributed by atoms with Gasteiger partial charge in [0.1, 0.15) is 5.82 Å². The molecule has 0 heterocycles. The minimum absolute atomic E-state index is 0.184. The van der Waals surface area contributed by atoms with Crippen LogP contribution in [-0.2, 0) is 6.18 Å². The van der Waals surface area contributed by atoms with E-state index < -0.39 is 17.6 Å². The molecule has 16 heavy (non-hydrogen) atoms. The number of hydrogen-bond donors (Lipinski definition) is 1. The molecule has 0 aliphatic carbocycles. The van der Waals surface area contributed by atoms with E-state index in [-0.39, 0.29) is 12.2 Å². The van der Waals surface area contributed by atoms with Gasteiger partial charge < -0.3 is 5.32 Å². The first-order valence-electron chi connectivity index (χ1n) is 4.31. The zero-order valence-electron chi connectivity index (χ0n) is 7.98. The van der Waals surface area contributed by atoms with Crippen LogP contribution in [0.15, 0.2) is 29.8 Å². The Morgan fingerprint density at radius 2 is 2.00 bits per heavy atom. The van der Waals surface area contributed by atoms with Gasteiger partial charge in [-0.25, -0.2) is 4.39 Å². The van der Waals surface area contributed by atoms with Crippen molar-refractivity contribution in [2.24, 2.45) is 0 Å². The van der Waals surface area contributed by atoms with Gasteiger partial charge >= 0.3 is 6.18 Å². The average molecular weight is 254 g/mol. The fraction of sp³-hybridized carbons (Fsp3) is 0.200. The van der Waals surface area contributed by atoms with Gasteiger partial charge in [0.15, 0.2) is 0 Å². The van der Waals surface area contributed by atoms with Crippen molar-refractivity contribution in [1.29, 1.82) is 0 Å². The van der Waals surface area contributed by atoms with Crippen molar-refractivity contribution in [1.82, 2.24) is 0 Å². The molecular weight excluding hydrogens is 246 g/mol. The van der Waals surface area contributed by atoms with E-state index in [0.717, 1.165) is 12.1 Å². The van der Waals surface area contributed by atoms with Crippen LogP contribution >= 0.6 is 11.6 Å². The quantitative estimate of drug-likeness (QED) is 0.803. The van der Waals surface area contributed by atoms with Crippen LogP contribution in [0.4, 0.5) is 23.2 Å². The topological polar surface area (TPSA) is 12.0 Å². The van der Waals surface area contributed by atoms with Gasteiger partial charge in [0, 0.05) is 17.8 Å². The zero-order valence-corrected chi connectivity index (χ0v) is 8.74. The van der Waals surface area contributed by atoms with Crippen molar-refractivity contribution in [3.8, 4) is 0 Å². The van der Waals surface area contributed by atoms with Crippen LogP contribution in [0.1, 0.15) is 5.56 Å². The highest BCUT2D eigenvalue weighted by atomic mass is 35.5. The Labute approximate surface area is 94.7 Å². The van der Waals surface area contributed by atoms with E-state index in [0.29, 0.717) is 0 Å². The predicted octanol–water partition coefficient (Wildman–Crippen LogP) is 4.01. The van der Waals surface area contributed by atoms with E-state index in [1.165, 1.54) is 17.7 Å². The van der Waals surface area contributed by atoms with Gasteiger partial charge in [-0.15, -0.1) is 0 Å². The number of hydrogen-bond acceptors (Lipinski definition) is 1. The Balaban J connectivity index is 2.90. The largest absolute Gasteiger partial charge is 0.419 e. The molecule has 1 aromatic carbocycles. The van der Waals surface area contributed by atoms with Gasteiger partial charge in [0.2, 0.25) is 0 Å².